The molecule has 0 bridgehead atoms. The molecule has 0 aliphatic carbocycles. The zero-order valence-corrected chi connectivity index (χ0v) is 16.2. The third kappa shape index (κ3) is 6.90. The number of unbranched alkanes of at least 4 members (excludes halogenated alkanes) is 3. The third-order valence-corrected chi connectivity index (χ3v) is 3.92. The van der Waals surface area contributed by atoms with E-state index < -0.39 is 17.6 Å². The van der Waals surface area contributed by atoms with Gasteiger partial charge in [0.05, 0.1) is 13.2 Å². The highest BCUT2D eigenvalue weighted by Crippen LogP contribution is 2.35. The molecule has 2 rings (SSSR count). The Kier molecular flexibility index (Phi) is 8.35. The van der Waals surface area contributed by atoms with E-state index in [0.29, 0.717) is 18.7 Å². The van der Waals surface area contributed by atoms with Gasteiger partial charge in [0.1, 0.15) is 11.3 Å². The first kappa shape index (κ1) is 21.8. The molecule has 0 atom stereocenters. The number of hydrogen-bond acceptors (Lipinski definition) is 5. The fraction of sp³-hybridized carbons (Fsp3) is 0.500. The summed E-state index contributed by atoms with van der Waals surface area (Å²) in [7, 11) is 0. The molecule has 2 aromatic rings. The van der Waals surface area contributed by atoms with Gasteiger partial charge in [-0.2, -0.15) is 18.2 Å². The Balaban J connectivity index is 2.05. The van der Waals surface area contributed by atoms with Gasteiger partial charge >= 0.3 is 6.18 Å². The Bertz CT molecular complexity index is 722. The van der Waals surface area contributed by atoms with Crippen LogP contribution in [-0.4, -0.2) is 23.2 Å². The molecule has 154 valence electrons. The summed E-state index contributed by atoms with van der Waals surface area (Å²) in [6.45, 7) is 4.88. The number of nitrogens with one attached hydrogen (secondary N) is 1. The maximum Gasteiger partial charge on any atom is 0.423 e. The van der Waals surface area contributed by atoms with E-state index in [1.54, 1.807) is 24.3 Å². The van der Waals surface area contributed by atoms with Crippen LogP contribution in [0.5, 0.6) is 11.6 Å². The Labute approximate surface area is 163 Å². The summed E-state index contributed by atoms with van der Waals surface area (Å²) in [5.74, 6) is 0.309. The number of aromatic nitrogens is 2. The van der Waals surface area contributed by atoms with Gasteiger partial charge in [0.25, 0.3) is 0 Å². The van der Waals surface area contributed by atoms with Crippen molar-refractivity contribution in [3.05, 3.63) is 36.0 Å². The van der Waals surface area contributed by atoms with Gasteiger partial charge in [0, 0.05) is 11.9 Å². The molecular weight excluding hydrogens is 371 g/mol. The zero-order valence-electron chi connectivity index (χ0n) is 16.2. The van der Waals surface area contributed by atoms with E-state index in [1.165, 1.54) is 0 Å². The van der Waals surface area contributed by atoms with Crippen molar-refractivity contribution in [1.82, 2.24) is 9.97 Å². The molecule has 0 saturated heterocycles. The molecule has 1 N–H and O–H groups in total. The van der Waals surface area contributed by atoms with Crippen molar-refractivity contribution in [2.75, 3.05) is 18.5 Å². The highest BCUT2D eigenvalue weighted by atomic mass is 19.4. The number of alkyl halides is 3. The van der Waals surface area contributed by atoms with Crippen LogP contribution in [0, 0.1) is 0 Å². The summed E-state index contributed by atoms with van der Waals surface area (Å²) in [5, 5.41) is 2.89. The fourth-order valence-electron chi connectivity index (χ4n) is 2.35. The molecular formula is C20H26F3N3O2. The van der Waals surface area contributed by atoms with E-state index >= 15 is 0 Å². The molecule has 28 heavy (non-hydrogen) atoms. The van der Waals surface area contributed by atoms with Crippen LogP contribution in [0.4, 0.5) is 24.8 Å². The zero-order chi connectivity index (χ0) is 20.4. The molecule has 1 heterocycles. The van der Waals surface area contributed by atoms with E-state index in [0.717, 1.165) is 37.6 Å². The van der Waals surface area contributed by atoms with Crippen molar-refractivity contribution in [2.24, 2.45) is 0 Å². The van der Waals surface area contributed by atoms with Crippen LogP contribution in [0.15, 0.2) is 30.5 Å². The fourth-order valence-corrected chi connectivity index (χ4v) is 2.35. The van der Waals surface area contributed by atoms with Crippen molar-refractivity contribution < 1.29 is 22.6 Å². The molecule has 0 radical (unpaired) electrons. The van der Waals surface area contributed by atoms with E-state index in [4.69, 9.17) is 9.47 Å². The highest BCUT2D eigenvalue weighted by Gasteiger charge is 2.36. The molecule has 1 aromatic heterocycles. The average molecular weight is 397 g/mol. The maximum absolute atomic E-state index is 13.1. The van der Waals surface area contributed by atoms with E-state index in [9.17, 15) is 13.2 Å². The predicted molar refractivity (Wildman–Crippen MR) is 102 cm³/mol. The van der Waals surface area contributed by atoms with Crippen LogP contribution >= 0.6 is 0 Å². The summed E-state index contributed by atoms with van der Waals surface area (Å²) in [4.78, 5) is 7.67. The lowest BCUT2D eigenvalue weighted by Crippen LogP contribution is -2.13. The maximum atomic E-state index is 13.1. The van der Waals surface area contributed by atoms with Crippen LogP contribution < -0.4 is 14.8 Å². The topological polar surface area (TPSA) is 56.3 Å². The van der Waals surface area contributed by atoms with Crippen molar-refractivity contribution in [2.45, 2.75) is 52.1 Å². The molecule has 0 aliphatic rings. The number of hydrogen-bond donors (Lipinski definition) is 1. The summed E-state index contributed by atoms with van der Waals surface area (Å²) < 4.78 is 50.2. The van der Waals surface area contributed by atoms with Gasteiger partial charge in [-0.15, -0.1) is 0 Å². The number of ether oxygens (including phenoxy) is 2. The monoisotopic (exact) mass is 397 g/mol. The Hall–Kier alpha value is -2.51. The third-order valence-electron chi connectivity index (χ3n) is 3.92. The Morgan fingerprint density at radius 3 is 2.25 bits per heavy atom. The lowest BCUT2D eigenvalue weighted by atomic mass is 10.2. The second-order valence-electron chi connectivity index (χ2n) is 6.32. The van der Waals surface area contributed by atoms with Gasteiger partial charge in [0.2, 0.25) is 11.8 Å². The number of halogens is 3. The first-order valence-electron chi connectivity index (χ1n) is 9.51. The van der Waals surface area contributed by atoms with Crippen LogP contribution in [-0.2, 0) is 6.18 Å². The van der Waals surface area contributed by atoms with Gasteiger partial charge < -0.3 is 14.8 Å². The van der Waals surface area contributed by atoms with Crippen LogP contribution in [0.1, 0.15) is 51.5 Å². The molecule has 1 aromatic carbocycles. The van der Waals surface area contributed by atoms with Crippen molar-refractivity contribution in [3.8, 4) is 11.6 Å². The smallest absolute Gasteiger partial charge is 0.423 e. The van der Waals surface area contributed by atoms with Crippen molar-refractivity contribution in [3.63, 3.8) is 0 Å². The number of rotatable bonds is 11. The summed E-state index contributed by atoms with van der Waals surface area (Å²) >= 11 is 0. The Morgan fingerprint density at radius 2 is 1.61 bits per heavy atom. The quantitative estimate of drug-likeness (QED) is 0.472. The van der Waals surface area contributed by atoms with Crippen LogP contribution in [0.3, 0.4) is 0 Å². The van der Waals surface area contributed by atoms with Crippen LogP contribution in [0.2, 0.25) is 0 Å². The van der Waals surface area contributed by atoms with Gasteiger partial charge in [-0.05, 0) is 37.1 Å². The first-order chi connectivity index (χ1) is 13.4. The Morgan fingerprint density at radius 1 is 0.929 bits per heavy atom. The molecule has 0 fully saturated rings. The minimum absolute atomic E-state index is 0.0381. The van der Waals surface area contributed by atoms with Crippen molar-refractivity contribution >= 4 is 11.6 Å². The number of benzene rings is 1. The summed E-state index contributed by atoms with van der Waals surface area (Å²) in [5.41, 5.74) is -0.342. The number of nitrogens with zero attached hydrogens (tertiary/aromatic N) is 2. The van der Waals surface area contributed by atoms with Gasteiger partial charge in [0.15, 0.2) is 0 Å². The standard InChI is InChI=1S/C20H26F3N3O2/c1-3-5-7-13-27-16-10-8-15(9-11-16)25-19-24-14-17(20(21,22)23)18(26-19)28-12-6-4-2/h8-11,14H,3-7,12-13H2,1-2H3,(H,24,25,26). The normalized spacial score (nSPS) is 11.3. The second-order valence-corrected chi connectivity index (χ2v) is 6.32. The average Bonchev–Trinajstić information content (AvgIpc) is 2.66. The lowest BCUT2D eigenvalue weighted by molar-refractivity contribution is -0.139. The first-order valence-corrected chi connectivity index (χ1v) is 9.51. The minimum Gasteiger partial charge on any atom is -0.494 e. The molecule has 0 unspecified atom stereocenters. The molecule has 5 nitrogen and oxygen atoms in total. The van der Waals surface area contributed by atoms with Crippen LogP contribution in [0.25, 0.3) is 0 Å². The van der Waals surface area contributed by atoms with Gasteiger partial charge in [-0.25, -0.2) is 4.98 Å². The highest BCUT2D eigenvalue weighted by molar-refractivity contribution is 5.55. The second kappa shape index (κ2) is 10.7. The number of anilines is 2. The van der Waals surface area contributed by atoms with E-state index in [1.807, 2.05) is 6.92 Å². The minimum atomic E-state index is -4.57. The molecule has 8 heteroatoms. The summed E-state index contributed by atoms with van der Waals surface area (Å²) in [6.07, 6.45) is 0.862. The lowest BCUT2D eigenvalue weighted by Gasteiger charge is -2.14. The SMILES string of the molecule is CCCCCOc1ccc(Nc2ncc(C(F)(F)F)c(OCCCC)n2)cc1. The summed E-state index contributed by atoms with van der Waals surface area (Å²) in [6, 6.07) is 7.09. The molecule has 0 saturated carbocycles. The largest absolute Gasteiger partial charge is 0.494 e. The van der Waals surface area contributed by atoms with Crippen molar-refractivity contribution in [1.29, 1.82) is 0 Å². The molecule has 0 amide bonds. The van der Waals surface area contributed by atoms with E-state index in [-0.39, 0.29) is 12.6 Å². The van der Waals surface area contributed by atoms with Gasteiger partial charge in [-0.3, -0.25) is 0 Å². The van der Waals surface area contributed by atoms with Gasteiger partial charge in [-0.1, -0.05) is 33.1 Å². The molecule has 0 aliphatic heterocycles. The predicted octanol–water partition coefficient (Wildman–Crippen LogP) is 5.99. The van der Waals surface area contributed by atoms with E-state index in [2.05, 4.69) is 22.2 Å². The molecule has 0 spiro atoms.